The Kier molecular flexibility index (Phi) is 11.1. The summed E-state index contributed by atoms with van der Waals surface area (Å²) in [4.78, 5) is 4.10. The molecule has 2 aliphatic heterocycles. The number of hydrogen-bond donors (Lipinski definition) is 6. The number of aromatic nitrogens is 1. The third-order valence-corrected chi connectivity index (χ3v) is 9.28. The van der Waals surface area contributed by atoms with Crippen molar-refractivity contribution >= 4 is 5.82 Å². The van der Waals surface area contributed by atoms with E-state index >= 15 is 0 Å². The molecule has 2 aliphatic rings. The molecule has 0 spiro atoms. The average molecular weight is 638 g/mol. The number of rotatable bonds is 12. The molecule has 0 saturated carbocycles. The number of nitrogen functional groups attached to an aromatic ring is 1. The van der Waals surface area contributed by atoms with Crippen LogP contribution in [0.4, 0.5) is 5.82 Å². The van der Waals surface area contributed by atoms with Crippen molar-refractivity contribution in [1.82, 2.24) is 10.3 Å². The van der Waals surface area contributed by atoms with E-state index in [1.54, 1.807) is 24.4 Å². The van der Waals surface area contributed by atoms with Crippen LogP contribution in [0.2, 0.25) is 0 Å². The van der Waals surface area contributed by atoms with Crippen LogP contribution < -0.4 is 25.3 Å². The summed E-state index contributed by atoms with van der Waals surface area (Å²) >= 11 is 0. The molecule has 0 unspecified atom stereocenters. The van der Waals surface area contributed by atoms with Crippen molar-refractivity contribution < 1.29 is 39.4 Å². The van der Waals surface area contributed by atoms with Crippen LogP contribution in [0, 0.1) is 11.8 Å². The van der Waals surface area contributed by atoms with Gasteiger partial charge in [-0.1, -0.05) is 6.07 Å². The quantitative estimate of drug-likeness (QED) is 0.170. The fraction of sp³-hybridized carbons (Fsp3) is 0.514. The molecule has 46 heavy (non-hydrogen) atoms. The lowest BCUT2D eigenvalue weighted by atomic mass is 9.75. The molecule has 3 heterocycles. The van der Waals surface area contributed by atoms with Crippen LogP contribution in [0.5, 0.6) is 28.7 Å². The maximum absolute atomic E-state index is 11.0. The van der Waals surface area contributed by atoms with Crippen LogP contribution in [0.15, 0.2) is 48.7 Å². The topological polar surface area (TPSA) is 169 Å². The SMILES string of the molecule is COc1cc(CC[C@H]2C[C@H](O)C[C@@H](c3cc(OC)c(O)c(OC[C@H]4N[C@@H](C)C[C@@H](CO)[C@@H]4Cc4ccnc(N)c4)c3)O2)ccc1O. The number of anilines is 1. The number of piperidine rings is 1. The van der Waals surface area contributed by atoms with Gasteiger partial charge in [0.15, 0.2) is 23.0 Å². The minimum atomic E-state index is -0.561. The van der Waals surface area contributed by atoms with Crippen LogP contribution in [0.25, 0.3) is 0 Å². The Morgan fingerprint density at radius 3 is 2.50 bits per heavy atom. The fourth-order valence-corrected chi connectivity index (χ4v) is 6.93. The van der Waals surface area contributed by atoms with Gasteiger partial charge in [0.1, 0.15) is 12.4 Å². The number of ether oxygens (including phenoxy) is 4. The maximum atomic E-state index is 11.0. The van der Waals surface area contributed by atoms with Gasteiger partial charge in [-0.25, -0.2) is 4.98 Å². The lowest BCUT2D eigenvalue weighted by Gasteiger charge is -2.41. The van der Waals surface area contributed by atoms with Crippen LogP contribution >= 0.6 is 0 Å². The van der Waals surface area contributed by atoms with Crippen molar-refractivity contribution in [2.75, 3.05) is 33.2 Å². The number of methoxy groups -OCH3 is 2. The number of aryl methyl sites for hydroxylation is 1. The van der Waals surface area contributed by atoms with Crippen molar-refractivity contribution in [2.24, 2.45) is 11.8 Å². The average Bonchev–Trinajstić information content (AvgIpc) is 3.04. The van der Waals surface area contributed by atoms with E-state index in [1.807, 2.05) is 24.3 Å². The highest BCUT2D eigenvalue weighted by molar-refractivity contribution is 5.53. The molecule has 7 atom stereocenters. The Labute approximate surface area is 270 Å². The van der Waals surface area contributed by atoms with Gasteiger partial charge in [-0.05, 0) is 104 Å². The second-order valence-corrected chi connectivity index (χ2v) is 12.6. The monoisotopic (exact) mass is 637 g/mol. The summed E-state index contributed by atoms with van der Waals surface area (Å²) in [7, 11) is 3.00. The molecular weight excluding hydrogens is 590 g/mol. The Morgan fingerprint density at radius 2 is 1.76 bits per heavy atom. The zero-order valence-corrected chi connectivity index (χ0v) is 26.8. The molecule has 0 radical (unpaired) electrons. The number of benzene rings is 2. The van der Waals surface area contributed by atoms with Crippen LogP contribution in [0.3, 0.4) is 0 Å². The number of pyridine rings is 1. The van der Waals surface area contributed by atoms with Crippen molar-refractivity contribution in [3.8, 4) is 28.7 Å². The van der Waals surface area contributed by atoms with Gasteiger partial charge in [0.2, 0.25) is 5.75 Å². The van der Waals surface area contributed by atoms with Crippen molar-refractivity contribution in [3.05, 3.63) is 65.4 Å². The molecule has 2 fully saturated rings. The van der Waals surface area contributed by atoms with Gasteiger partial charge in [-0.15, -0.1) is 0 Å². The Balaban J connectivity index is 1.31. The summed E-state index contributed by atoms with van der Waals surface area (Å²) in [5, 5.41) is 45.7. The number of aliphatic hydroxyl groups is 2. The summed E-state index contributed by atoms with van der Waals surface area (Å²) in [5.41, 5.74) is 8.71. The molecule has 0 bridgehead atoms. The summed E-state index contributed by atoms with van der Waals surface area (Å²) in [5.74, 6) is 1.49. The van der Waals surface area contributed by atoms with Gasteiger partial charge in [0.25, 0.3) is 0 Å². The Hall–Kier alpha value is -3.77. The normalized spacial score (nSPS) is 26.4. The minimum Gasteiger partial charge on any atom is -0.504 e. The van der Waals surface area contributed by atoms with E-state index in [-0.39, 0.29) is 66.2 Å². The number of aliphatic hydroxyl groups excluding tert-OH is 2. The molecule has 11 heteroatoms. The molecule has 0 amide bonds. The zero-order valence-electron chi connectivity index (χ0n) is 26.8. The molecule has 2 aromatic carbocycles. The predicted octanol–water partition coefficient (Wildman–Crippen LogP) is 3.90. The third kappa shape index (κ3) is 8.14. The van der Waals surface area contributed by atoms with Gasteiger partial charge >= 0.3 is 0 Å². The van der Waals surface area contributed by atoms with Gasteiger partial charge in [-0.3, -0.25) is 0 Å². The van der Waals surface area contributed by atoms with Gasteiger partial charge in [0, 0.05) is 31.3 Å². The van der Waals surface area contributed by atoms with Gasteiger partial charge in [0.05, 0.1) is 32.5 Å². The van der Waals surface area contributed by atoms with Gasteiger partial charge < -0.3 is 50.4 Å². The largest absolute Gasteiger partial charge is 0.504 e. The Morgan fingerprint density at radius 1 is 0.978 bits per heavy atom. The number of nitrogens with one attached hydrogen (secondary N) is 1. The highest BCUT2D eigenvalue weighted by atomic mass is 16.5. The fourth-order valence-electron chi connectivity index (χ4n) is 6.93. The molecule has 1 aromatic heterocycles. The highest BCUT2D eigenvalue weighted by Gasteiger charge is 2.37. The first-order chi connectivity index (χ1) is 22.2. The van der Waals surface area contributed by atoms with E-state index in [0.29, 0.717) is 43.7 Å². The number of hydrogen-bond acceptors (Lipinski definition) is 11. The van der Waals surface area contributed by atoms with Crippen LogP contribution in [0.1, 0.15) is 55.4 Å². The third-order valence-electron chi connectivity index (χ3n) is 9.28. The van der Waals surface area contributed by atoms with Crippen LogP contribution in [-0.2, 0) is 17.6 Å². The first-order valence-electron chi connectivity index (χ1n) is 16.0. The van der Waals surface area contributed by atoms with E-state index in [2.05, 4.69) is 17.2 Å². The lowest BCUT2D eigenvalue weighted by Crippen LogP contribution is -2.54. The van der Waals surface area contributed by atoms with E-state index in [4.69, 9.17) is 24.7 Å². The molecule has 250 valence electrons. The molecular formula is C35H47N3O8. The smallest absolute Gasteiger partial charge is 0.200 e. The summed E-state index contributed by atoms with van der Waals surface area (Å²) in [6, 6.07) is 12.6. The van der Waals surface area contributed by atoms with E-state index in [1.165, 1.54) is 14.2 Å². The molecule has 11 nitrogen and oxygen atoms in total. The first kappa shape index (κ1) is 33.6. The molecule has 2 saturated heterocycles. The number of nitrogens with two attached hydrogens (primary N) is 1. The predicted molar refractivity (Wildman–Crippen MR) is 173 cm³/mol. The van der Waals surface area contributed by atoms with E-state index < -0.39 is 12.2 Å². The van der Waals surface area contributed by atoms with E-state index in [0.717, 1.165) is 23.1 Å². The van der Waals surface area contributed by atoms with Gasteiger partial charge in [-0.2, -0.15) is 0 Å². The standard InChI is InChI=1S/C35H47N3O8/c1-20-10-24(18-39)27(11-22-8-9-37-34(36)13-22)28(38-20)19-45-33-15-23(14-32(44-3)35(33)42)30-17-25(40)16-26(46-30)6-4-21-5-7-29(41)31(12-21)43-2/h5,7-9,12-15,20,24-28,30,38-42H,4,6,10-11,16-19H2,1-3H3,(H2,36,37)/t20-,24-,25-,26-,27-,28+,30-/m0/s1. The second-order valence-electron chi connectivity index (χ2n) is 12.6. The number of nitrogens with zero attached hydrogens (tertiary/aromatic N) is 1. The zero-order chi connectivity index (χ0) is 32.8. The van der Waals surface area contributed by atoms with E-state index in [9.17, 15) is 20.4 Å². The first-order valence-corrected chi connectivity index (χ1v) is 16.0. The van der Waals surface area contributed by atoms with Crippen LogP contribution in [-0.4, -0.2) is 77.1 Å². The number of aromatic hydroxyl groups is 2. The Bertz CT molecular complexity index is 1460. The summed E-state index contributed by atoms with van der Waals surface area (Å²) in [6.45, 7) is 2.40. The molecule has 7 N–H and O–H groups in total. The number of phenolic OH excluding ortho intramolecular Hbond substituents is 2. The maximum Gasteiger partial charge on any atom is 0.200 e. The van der Waals surface area contributed by atoms with Crippen molar-refractivity contribution in [2.45, 2.75) is 75.8 Å². The highest BCUT2D eigenvalue weighted by Crippen LogP contribution is 2.43. The molecule has 0 aliphatic carbocycles. The molecule has 3 aromatic rings. The lowest BCUT2D eigenvalue weighted by molar-refractivity contribution is -0.0999. The summed E-state index contributed by atoms with van der Waals surface area (Å²) in [6.07, 6.45) is 4.26. The van der Waals surface area contributed by atoms with Crippen molar-refractivity contribution in [3.63, 3.8) is 0 Å². The van der Waals surface area contributed by atoms with Crippen molar-refractivity contribution in [1.29, 1.82) is 0 Å². The minimum absolute atomic E-state index is 0.0568. The molecule has 5 rings (SSSR count). The number of phenols is 2. The second kappa shape index (κ2) is 15.2. The summed E-state index contributed by atoms with van der Waals surface area (Å²) < 4.78 is 23.5.